The van der Waals surface area contributed by atoms with Crippen molar-refractivity contribution in [1.82, 2.24) is 4.31 Å². The van der Waals surface area contributed by atoms with E-state index in [1.807, 2.05) is 0 Å². The number of benzene rings is 2. The molecule has 0 saturated carbocycles. The SMILES string of the molecule is COc1ccc(OC)c(S(=O)(=O)N2Cc3ccccc3C[C@H]2C(=O)[O-])c1. The van der Waals surface area contributed by atoms with Gasteiger partial charge in [0.2, 0.25) is 10.0 Å². The number of nitrogens with zero attached hydrogens (tertiary/aromatic N) is 1. The van der Waals surface area contributed by atoms with Crippen molar-refractivity contribution in [3.63, 3.8) is 0 Å². The van der Waals surface area contributed by atoms with Gasteiger partial charge in [-0.2, -0.15) is 4.31 Å². The lowest BCUT2D eigenvalue weighted by Gasteiger charge is -2.36. The summed E-state index contributed by atoms with van der Waals surface area (Å²) in [4.78, 5) is 11.5. The molecule has 1 heterocycles. The third-order valence-electron chi connectivity index (χ3n) is 4.43. The van der Waals surface area contributed by atoms with Gasteiger partial charge in [-0.1, -0.05) is 24.3 Å². The van der Waals surface area contributed by atoms with Gasteiger partial charge in [0, 0.05) is 12.6 Å². The quantitative estimate of drug-likeness (QED) is 0.757. The van der Waals surface area contributed by atoms with Crippen molar-refractivity contribution < 1.29 is 27.8 Å². The maximum absolute atomic E-state index is 13.3. The number of sulfonamides is 1. The zero-order valence-electron chi connectivity index (χ0n) is 14.3. The number of hydrogen-bond donors (Lipinski definition) is 0. The monoisotopic (exact) mass is 376 g/mol. The van der Waals surface area contributed by atoms with Crippen LogP contribution in [0.15, 0.2) is 47.4 Å². The van der Waals surface area contributed by atoms with Gasteiger partial charge in [-0.05, 0) is 29.7 Å². The molecule has 138 valence electrons. The van der Waals surface area contributed by atoms with E-state index < -0.39 is 22.0 Å². The Bertz CT molecular complexity index is 940. The van der Waals surface area contributed by atoms with Crippen LogP contribution < -0.4 is 14.6 Å². The summed E-state index contributed by atoms with van der Waals surface area (Å²) >= 11 is 0. The largest absolute Gasteiger partial charge is 0.548 e. The molecule has 0 amide bonds. The fourth-order valence-electron chi connectivity index (χ4n) is 3.06. The van der Waals surface area contributed by atoms with Crippen LogP contribution in [0, 0.1) is 0 Å². The van der Waals surface area contributed by atoms with Crippen molar-refractivity contribution in [3.05, 3.63) is 53.6 Å². The molecule has 0 aromatic heterocycles. The fraction of sp³-hybridized carbons (Fsp3) is 0.278. The average molecular weight is 376 g/mol. The molecule has 3 rings (SSSR count). The lowest BCUT2D eigenvalue weighted by atomic mass is 9.96. The van der Waals surface area contributed by atoms with Crippen molar-refractivity contribution in [2.45, 2.75) is 23.9 Å². The molecular formula is C18H18NO6S-. The van der Waals surface area contributed by atoms with E-state index in [0.29, 0.717) is 5.75 Å². The standard InChI is InChI=1S/C18H19NO6S/c1-24-14-7-8-16(25-2)17(10-14)26(22,23)19-11-13-6-4-3-5-12(13)9-15(19)18(20)21/h3-8,10,15H,9,11H2,1-2H3,(H,20,21)/p-1/t15-/m0/s1. The lowest BCUT2D eigenvalue weighted by Crippen LogP contribution is -2.53. The van der Waals surface area contributed by atoms with Crippen LogP contribution in [0.3, 0.4) is 0 Å². The Morgan fingerprint density at radius 3 is 2.42 bits per heavy atom. The third-order valence-corrected chi connectivity index (χ3v) is 6.31. The first-order valence-corrected chi connectivity index (χ1v) is 9.34. The van der Waals surface area contributed by atoms with E-state index in [4.69, 9.17) is 9.47 Å². The van der Waals surface area contributed by atoms with Crippen LogP contribution in [0.4, 0.5) is 0 Å². The Labute approximate surface area is 151 Å². The van der Waals surface area contributed by atoms with Gasteiger partial charge in [-0.15, -0.1) is 0 Å². The van der Waals surface area contributed by atoms with Crippen molar-refractivity contribution in [3.8, 4) is 11.5 Å². The molecule has 8 heteroatoms. The van der Waals surface area contributed by atoms with Gasteiger partial charge < -0.3 is 19.4 Å². The number of hydrogen-bond acceptors (Lipinski definition) is 6. The summed E-state index contributed by atoms with van der Waals surface area (Å²) in [5.74, 6) is -1.00. The van der Waals surface area contributed by atoms with E-state index in [1.165, 1.54) is 26.4 Å². The Kier molecular flexibility index (Phi) is 4.88. The highest BCUT2D eigenvalue weighted by molar-refractivity contribution is 7.89. The summed E-state index contributed by atoms with van der Waals surface area (Å²) in [6, 6.07) is 10.2. The molecular weight excluding hydrogens is 358 g/mol. The Balaban J connectivity index is 2.12. The van der Waals surface area contributed by atoms with Crippen LogP contribution in [0.25, 0.3) is 0 Å². The molecule has 0 radical (unpaired) electrons. The summed E-state index contributed by atoms with van der Waals surface area (Å²) < 4.78 is 37.7. The number of carbonyl (C=O) groups excluding carboxylic acids is 1. The second-order valence-corrected chi connectivity index (χ2v) is 7.73. The molecule has 2 aromatic carbocycles. The van der Waals surface area contributed by atoms with Crippen molar-refractivity contribution >= 4 is 16.0 Å². The number of carboxylic acids is 1. The summed E-state index contributed by atoms with van der Waals surface area (Å²) in [6.07, 6.45) is 0.0457. The van der Waals surface area contributed by atoms with E-state index in [1.54, 1.807) is 30.3 Å². The van der Waals surface area contributed by atoms with E-state index in [2.05, 4.69) is 0 Å². The van der Waals surface area contributed by atoms with Gasteiger partial charge in [0.15, 0.2) is 0 Å². The molecule has 7 nitrogen and oxygen atoms in total. The van der Waals surface area contributed by atoms with Crippen LogP contribution in [0.5, 0.6) is 11.5 Å². The highest BCUT2D eigenvalue weighted by atomic mass is 32.2. The van der Waals surface area contributed by atoms with Crippen molar-refractivity contribution in [2.24, 2.45) is 0 Å². The molecule has 0 fully saturated rings. The maximum atomic E-state index is 13.3. The molecule has 1 aliphatic heterocycles. The second kappa shape index (κ2) is 6.97. The second-order valence-electron chi connectivity index (χ2n) is 5.87. The molecule has 0 N–H and O–H groups in total. The minimum Gasteiger partial charge on any atom is -0.548 e. The minimum absolute atomic E-state index is 0.0457. The van der Waals surface area contributed by atoms with E-state index in [9.17, 15) is 18.3 Å². The Morgan fingerprint density at radius 2 is 1.81 bits per heavy atom. The molecule has 2 aromatic rings. The maximum Gasteiger partial charge on any atom is 0.247 e. The van der Waals surface area contributed by atoms with Gasteiger partial charge in [-0.25, -0.2) is 8.42 Å². The number of ether oxygens (including phenoxy) is 2. The third kappa shape index (κ3) is 3.13. The highest BCUT2D eigenvalue weighted by Gasteiger charge is 2.38. The van der Waals surface area contributed by atoms with Gasteiger partial charge in [0.25, 0.3) is 0 Å². The molecule has 0 saturated heterocycles. The smallest absolute Gasteiger partial charge is 0.247 e. The highest BCUT2D eigenvalue weighted by Crippen LogP contribution is 2.34. The molecule has 0 unspecified atom stereocenters. The zero-order valence-corrected chi connectivity index (χ0v) is 15.2. The number of fused-ring (bicyclic) bond motifs is 1. The van der Waals surface area contributed by atoms with Crippen LogP contribution in [-0.4, -0.2) is 39.0 Å². The molecule has 0 spiro atoms. The summed E-state index contributed by atoms with van der Waals surface area (Å²) in [5, 5.41) is 11.7. The number of aliphatic carboxylic acids is 1. The number of carboxylic acid groups (broad SMARTS) is 1. The van der Waals surface area contributed by atoms with E-state index >= 15 is 0 Å². The lowest BCUT2D eigenvalue weighted by molar-refractivity contribution is -0.310. The van der Waals surface area contributed by atoms with Gasteiger partial charge in [-0.3, -0.25) is 0 Å². The molecule has 1 aliphatic rings. The van der Waals surface area contributed by atoms with Crippen LogP contribution >= 0.6 is 0 Å². The zero-order chi connectivity index (χ0) is 18.9. The summed E-state index contributed by atoms with van der Waals surface area (Å²) in [5.41, 5.74) is 1.56. The van der Waals surface area contributed by atoms with Gasteiger partial charge in [0.1, 0.15) is 16.4 Å². The van der Waals surface area contributed by atoms with Crippen molar-refractivity contribution in [2.75, 3.05) is 14.2 Å². The van der Waals surface area contributed by atoms with Crippen LogP contribution in [-0.2, 0) is 27.8 Å². The first-order valence-electron chi connectivity index (χ1n) is 7.90. The van der Waals surface area contributed by atoms with Gasteiger partial charge in [0.05, 0.1) is 26.2 Å². The molecule has 1 atom stereocenters. The normalized spacial score (nSPS) is 17.4. The molecule has 0 aliphatic carbocycles. The van der Waals surface area contributed by atoms with E-state index in [0.717, 1.165) is 15.4 Å². The van der Waals surface area contributed by atoms with Crippen LogP contribution in [0.2, 0.25) is 0 Å². The predicted molar refractivity (Wildman–Crippen MR) is 91.2 cm³/mol. The summed E-state index contributed by atoms with van der Waals surface area (Å²) in [7, 11) is -1.40. The average Bonchev–Trinajstić information content (AvgIpc) is 2.66. The molecule has 26 heavy (non-hydrogen) atoms. The number of carbonyl (C=O) groups is 1. The first kappa shape index (κ1) is 18.2. The Hall–Kier alpha value is -2.58. The Morgan fingerprint density at radius 1 is 1.12 bits per heavy atom. The minimum atomic E-state index is -4.17. The fourth-order valence-corrected chi connectivity index (χ4v) is 4.79. The topological polar surface area (TPSA) is 96.0 Å². The van der Waals surface area contributed by atoms with Crippen LogP contribution in [0.1, 0.15) is 11.1 Å². The van der Waals surface area contributed by atoms with E-state index in [-0.39, 0.29) is 23.6 Å². The number of methoxy groups -OCH3 is 2. The number of rotatable bonds is 5. The first-order chi connectivity index (χ1) is 12.4. The van der Waals surface area contributed by atoms with Crippen molar-refractivity contribution in [1.29, 1.82) is 0 Å². The molecule has 0 bridgehead atoms. The summed E-state index contributed by atoms with van der Waals surface area (Å²) in [6.45, 7) is -0.0580. The predicted octanol–water partition coefficient (Wildman–Crippen LogP) is 0.569. The van der Waals surface area contributed by atoms with Gasteiger partial charge >= 0.3 is 0 Å².